The maximum Gasteiger partial charge on any atom is 0.149 e. The van der Waals surface area contributed by atoms with E-state index in [1.165, 1.54) is 66.0 Å². The van der Waals surface area contributed by atoms with Crippen LogP contribution in [0.4, 0.5) is 0 Å². The molecular formula is C45H48Si. The Morgan fingerprint density at radius 1 is 0.457 bits per heavy atom. The predicted molar refractivity (Wildman–Crippen MR) is 204 cm³/mol. The molecule has 0 fully saturated rings. The molecule has 0 atom stereocenters. The van der Waals surface area contributed by atoms with Crippen molar-refractivity contribution in [3.05, 3.63) is 172 Å². The predicted octanol–water partition coefficient (Wildman–Crippen LogP) is 11.5. The first-order valence-corrected chi connectivity index (χ1v) is 19.2. The fourth-order valence-electron chi connectivity index (χ4n) is 7.95. The Morgan fingerprint density at radius 3 is 1.13 bits per heavy atom. The van der Waals surface area contributed by atoms with Crippen LogP contribution in [0.5, 0.6) is 0 Å². The lowest BCUT2D eigenvalue weighted by atomic mass is 9.77. The van der Waals surface area contributed by atoms with Crippen molar-refractivity contribution < 1.29 is 0 Å². The average Bonchev–Trinajstić information content (AvgIpc) is 3.32. The highest BCUT2D eigenvalue weighted by Gasteiger charge is 2.52. The lowest BCUT2D eigenvalue weighted by Gasteiger charge is -2.42. The van der Waals surface area contributed by atoms with Crippen molar-refractivity contribution in [2.24, 2.45) is 0 Å². The number of allylic oxidation sites excluding steroid dienone is 2. The van der Waals surface area contributed by atoms with Crippen LogP contribution in [0.2, 0.25) is 6.55 Å². The van der Waals surface area contributed by atoms with E-state index in [4.69, 9.17) is 0 Å². The Balaban J connectivity index is 1.96. The lowest BCUT2D eigenvalue weighted by molar-refractivity contribution is 0.571. The maximum atomic E-state index is 2.67. The molecule has 1 heteroatoms. The van der Waals surface area contributed by atoms with Gasteiger partial charge < -0.3 is 0 Å². The highest BCUT2D eigenvalue weighted by Crippen LogP contribution is 2.56. The lowest BCUT2D eigenvalue weighted by Crippen LogP contribution is -2.54. The second-order valence-electron chi connectivity index (χ2n) is 15.2. The molecule has 0 N–H and O–H groups in total. The highest BCUT2D eigenvalue weighted by molar-refractivity contribution is 7.22. The van der Waals surface area contributed by atoms with Crippen LogP contribution in [0, 0.1) is 13.8 Å². The number of hydrogen-bond donors (Lipinski definition) is 0. The number of rotatable bonds is 5. The third kappa shape index (κ3) is 5.35. The molecule has 5 aromatic carbocycles. The van der Waals surface area contributed by atoms with Gasteiger partial charge in [0.25, 0.3) is 0 Å². The summed E-state index contributed by atoms with van der Waals surface area (Å²) in [6, 6.07) is 47.5. The minimum Gasteiger partial charge on any atom is -0.0622 e. The molecule has 1 aliphatic rings. The molecule has 0 saturated carbocycles. The fraction of sp³-hybridized carbons (Fsp3) is 0.244. The minimum absolute atomic E-state index is 0.0458. The molecule has 0 nitrogen and oxygen atoms in total. The van der Waals surface area contributed by atoms with Crippen LogP contribution >= 0.6 is 0 Å². The van der Waals surface area contributed by atoms with Gasteiger partial charge in [0.1, 0.15) is 8.07 Å². The molecule has 0 bridgehead atoms. The van der Waals surface area contributed by atoms with Crippen LogP contribution in [0.3, 0.4) is 0 Å². The van der Waals surface area contributed by atoms with Crippen molar-refractivity contribution in [2.75, 3.05) is 0 Å². The van der Waals surface area contributed by atoms with Gasteiger partial charge in [-0.25, -0.2) is 0 Å². The van der Waals surface area contributed by atoms with Gasteiger partial charge in [0.2, 0.25) is 0 Å². The van der Waals surface area contributed by atoms with E-state index in [-0.39, 0.29) is 10.8 Å². The van der Waals surface area contributed by atoms with Crippen LogP contribution < -0.4 is 5.19 Å². The van der Waals surface area contributed by atoms with E-state index in [0.29, 0.717) is 0 Å². The monoisotopic (exact) mass is 616 g/mol. The highest BCUT2D eigenvalue weighted by atomic mass is 28.3. The summed E-state index contributed by atoms with van der Waals surface area (Å²) < 4.78 is 0. The van der Waals surface area contributed by atoms with Gasteiger partial charge in [0.05, 0.1) is 0 Å². The zero-order valence-electron chi connectivity index (χ0n) is 29.1. The van der Waals surface area contributed by atoms with Gasteiger partial charge in [-0.3, -0.25) is 0 Å². The summed E-state index contributed by atoms with van der Waals surface area (Å²) in [6.45, 7) is 21.9. The van der Waals surface area contributed by atoms with Gasteiger partial charge >= 0.3 is 0 Å². The zero-order valence-corrected chi connectivity index (χ0v) is 30.1. The summed E-state index contributed by atoms with van der Waals surface area (Å²) >= 11 is 0. The van der Waals surface area contributed by atoms with Crippen LogP contribution in [0.15, 0.2) is 127 Å². The van der Waals surface area contributed by atoms with Gasteiger partial charge in [-0.1, -0.05) is 175 Å². The van der Waals surface area contributed by atoms with Crippen molar-refractivity contribution in [3.8, 4) is 0 Å². The molecule has 46 heavy (non-hydrogen) atoms. The summed E-state index contributed by atoms with van der Waals surface area (Å²) in [6.07, 6.45) is 0. The standard InChI is InChI=1S/C45H48Si/c1-31-30-37(44(3,4)5)43(40(32(31)2)45(6,7)8)46(9)41(35-26-18-12-19-27-35)38(33-22-14-10-15-23-33)39(34-24-16-11-17-25-34)42(46)36-28-20-13-21-29-36/h10-30H,1-9H3. The molecule has 1 heterocycles. The van der Waals surface area contributed by atoms with Gasteiger partial charge in [-0.2, -0.15) is 0 Å². The van der Waals surface area contributed by atoms with Gasteiger partial charge in [0.15, 0.2) is 0 Å². The molecule has 5 aromatic rings. The molecule has 0 unspecified atom stereocenters. The maximum absolute atomic E-state index is 2.80. The van der Waals surface area contributed by atoms with Crippen molar-refractivity contribution in [2.45, 2.75) is 72.8 Å². The first kappa shape index (κ1) is 31.8. The molecule has 1 aliphatic heterocycles. The Morgan fingerprint density at radius 2 is 0.804 bits per heavy atom. The number of hydrogen-bond acceptors (Lipinski definition) is 0. The summed E-state index contributed by atoms with van der Waals surface area (Å²) in [7, 11) is -2.80. The van der Waals surface area contributed by atoms with Gasteiger partial charge in [-0.15, -0.1) is 0 Å². The summed E-state index contributed by atoms with van der Waals surface area (Å²) in [4.78, 5) is 0. The third-order valence-corrected chi connectivity index (χ3v) is 14.5. The van der Waals surface area contributed by atoms with E-state index >= 15 is 0 Å². The quantitative estimate of drug-likeness (QED) is 0.172. The SMILES string of the molecule is Cc1cc(C(C)(C)C)c([Si]2(C)C(c3ccccc3)=C(c3ccccc3)C(c3ccccc3)=C2c2ccccc2)c(C(C)(C)C)c1C. The van der Waals surface area contributed by atoms with Crippen LogP contribution in [0.1, 0.15) is 86.1 Å². The summed E-state index contributed by atoms with van der Waals surface area (Å²) in [5.74, 6) is 0. The van der Waals surface area contributed by atoms with Crippen LogP contribution in [-0.4, -0.2) is 8.07 Å². The second kappa shape index (κ2) is 11.9. The average molecular weight is 617 g/mol. The third-order valence-electron chi connectivity index (χ3n) is 9.90. The largest absolute Gasteiger partial charge is 0.149 e. The van der Waals surface area contributed by atoms with E-state index in [9.17, 15) is 0 Å². The Bertz CT molecular complexity index is 1830. The van der Waals surface area contributed by atoms with Crippen molar-refractivity contribution in [1.82, 2.24) is 0 Å². The summed E-state index contributed by atoms with van der Waals surface area (Å²) in [5.41, 5.74) is 13.7. The molecule has 0 amide bonds. The topological polar surface area (TPSA) is 0 Å². The first-order chi connectivity index (χ1) is 21.8. The van der Waals surface area contributed by atoms with E-state index < -0.39 is 8.07 Å². The van der Waals surface area contributed by atoms with E-state index in [2.05, 4.69) is 189 Å². The summed E-state index contributed by atoms with van der Waals surface area (Å²) in [5, 5.41) is 4.61. The molecule has 0 aromatic heterocycles. The number of benzene rings is 5. The Hall–Kier alpha value is -4.20. The first-order valence-electron chi connectivity index (χ1n) is 16.7. The van der Waals surface area contributed by atoms with E-state index in [1.807, 2.05) is 0 Å². The number of aryl methyl sites for hydroxylation is 1. The van der Waals surface area contributed by atoms with Crippen LogP contribution in [-0.2, 0) is 10.8 Å². The van der Waals surface area contributed by atoms with Crippen molar-refractivity contribution >= 4 is 34.8 Å². The minimum atomic E-state index is -2.80. The Kier molecular flexibility index (Phi) is 8.19. The molecule has 0 aliphatic carbocycles. The molecule has 0 spiro atoms. The van der Waals surface area contributed by atoms with Gasteiger partial charge in [-0.05, 0) is 95.9 Å². The fourth-order valence-corrected chi connectivity index (χ4v) is 13.8. The van der Waals surface area contributed by atoms with Crippen molar-refractivity contribution in [1.29, 1.82) is 0 Å². The molecular weight excluding hydrogens is 569 g/mol. The Labute approximate surface area is 278 Å². The smallest absolute Gasteiger partial charge is 0.0622 e. The normalized spacial score (nSPS) is 15.1. The molecule has 0 radical (unpaired) electrons. The van der Waals surface area contributed by atoms with Gasteiger partial charge in [0, 0.05) is 0 Å². The molecule has 0 saturated heterocycles. The molecule has 232 valence electrons. The van der Waals surface area contributed by atoms with E-state index in [1.54, 1.807) is 5.19 Å². The zero-order chi connectivity index (χ0) is 32.9. The molecule has 6 rings (SSSR count). The van der Waals surface area contributed by atoms with Crippen LogP contribution in [0.25, 0.3) is 21.5 Å². The van der Waals surface area contributed by atoms with E-state index in [0.717, 1.165) is 0 Å². The second-order valence-corrected chi connectivity index (χ2v) is 19.0. The van der Waals surface area contributed by atoms with Crippen molar-refractivity contribution in [3.63, 3.8) is 0 Å².